The Balaban J connectivity index is 1.20. The van der Waals surface area contributed by atoms with Crippen molar-refractivity contribution in [1.82, 2.24) is 24.4 Å². The number of sulfonamides is 1. The summed E-state index contributed by atoms with van der Waals surface area (Å²) in [6.07, 6.45) is 5.23. The molecule has 4 heterocycles. The highest BCUT2D eigenvalue weighted by Crippen LogP contribution is 2.22. The van der Waals surface area contributed by atoms with Crippen molar-refractivity contribution in [3.05, 3.63) is 66.5 Å². The van der Waals surface area contributed by atoms with E-state index in [9.17, 15) is 13.2 Å². The Kier molecular flexibility index (Phi) is 6.25. The van der Waals surface area contributed by atoms with E-state index in [0.717, 1.165) is 29.9 Å². The molecular weight excluding hydrogens is 452 g/mol. The summed E-state index contributed by atoms with van der Waals surface area (Å²) in [5.41, 5.74) is 2.24. The summed E-state index contributed by atoms with van der Waals surface area (Å²) >= 11 is 0. The van der Waals surface area contributed by atoms with Gasteiger partial charge in [-0.2, -0.15) is 4.31 Å². The SMILES string of the molecule is O=C(c1ccc(S(=O)(=O)N2CCCC2)cc1)N1CCN(c2ccc(-c3ccncc3)nn2)CC1. The molecule has 3 aromatic rings. The molecule has 0 atom stereocenters. The lowest BCUT2D eigenvalue weighted by atomic mass is 10.1. The van der Waals surface area contributed by atoms with Crippen LogP contribution in [0.15, 0.2) is 65.8 Å². The molecule has 0 saturated carbocycles. The maximum absolute atomic E-state index is 13.0. The van der Waals surface area contributed by atoms with Gasteiger partial charge in [0, 0.05) is 62.8 Å². The number of rotatable bonds is 5. The number of aromatic nitrogens is 3. The quantitative estimate of drug-likeness (QED) is 0.555. The van der Waals surface area contributed by atoms with Crippen LogP contribution in [-0.4, -0.2) is 78.0 Å². The van der Waals surface area contributed by atoms with E-state index in [2.05, 4.69) is 20.1 Å². The van der Waals surface area contributed by atoms with Crippen molar-refractivity contribution in [2.24, 2.45) is 0 Å². The molecule has 5 rings (SSSR count). The van der Waals surface area contributed by atoms with Crippen LogP contribution in [0.2, 0.25) is 0 Å². The van der Waals surface area contributed by atoms with Crippen LogP contribution in [0.1, 0.15) is 23.2 Å². The Morgan fingerprint density at radius 3 is 2.06 bits per heavy atom. The van der Waals surface area contributed by atoms with Crippen LogP contribution in [0.3, 0.4) is 0 Å². The molecule has 1 amide bonds. The van der Waals surface area contributed by atoms with Gasteiger partial charge < -0.3 is 9.80 Å². The van der Waals surface area contributed by atoms with Gasteiger partial charge in [-0.3, -0.25) is 9.78 Å². The minimum Gasteiger partial charge on any atom is -0.352 e. The first kappa shape index (κ1) is 22.4. The number of carbonyl (C=O) groups excluding carboxylic acids is 1. The number of carbonyl (C=O) groups is 1. The highest BCUT2D eigenvalue weighted by atomic mass is 32.2. The minimum atomic E-state index is -3.48. The lowest BCUT2D eigenvalue weighted by Gasteiger charge is -2.35. The van der Waals surface area contributed by atoms with Gasteiger partial charge in [-0.25, -0.2) is 8.42 Å². The smallest absolute Gasteiger partial charge is 0.253 e. The standard InChI is InChI=1S/C24H26N6O3S/c31-24(20-3-5-21(6-4-20)34(32,33)30-13-1-2-14-30)29-17-15-28(16-18-29)23-8-7-22(26-27-23)19-9-11-25-12-10-19/h3-12H,1-2,13-18H2. The topological polar surface area (TPSA) is 99.6 Å². The first-order valence-corrected chi connectivity index (χ1v) is 12.8. The molecule has 0 spiro atoms. The molecule has 0 N–H and O–H groups in total. The largest absolute Gasteiger partial charge is 0.352 e. The predicted octanol–water partition coefficient (Wildman–Crippen LogP) is 2.29. The Morgan fingerprint density at radius 1 is 0.765 bits per heavy atom. The summed E-state index contributed by atoms with van der Waals surface area (Å²) in [6.45, 7) is 3.53. The van der Waals surface area contributed by atoms with E-state index < -0.39 is 10.0 Å². The number of hydrogen-bond donors (Lipinski definition) is 0. The normalized spacial score (nSPS) is 17.2. The van der Waals surface area contributed by atoms with Gasteiger partial charge in [0.25, 0.3) is 5.91 Å². The molecule has 2 aromatic heterocycles. The van der Waals surface area contributed by atoms with Crippen LogP contribution in [0.4, 0.5) is 5.82 Å². The average Bonchev–Trinajstić information content (AvgIpc) is 3.45. The van der Waals surface area contributed by atoms with Crippen molar-refractivity contribution in [3.63, 3.8) is 0 Å². The molecule has 1 aromatic carbocycles. The van der Waals surface area contributed by atoms with Gasteiger partial charge in [0.1, 0.15) is 0 Å². The monoisotopic (exact) mass is 478 g/mol. The summed E-state index contributed by atoms with van der Waals surface area (Å²) in [5, 5.41) is 8.69. The summed E-state index contributed by atoms with van der Waals surface area (Å²) in [6, 6.07) is 14.0. The number of nitrogens with zero attached hydrogens (tertiary/aromatic N) is 6. The Morgan fingerprint density at radius 2 is 1.44 bits per heavy atom. The number of benzene rings is 1. The molecule has 2 saturated heterocycles. The fourth-order valence-corrected chi connectivity index (χ4v) is 5.86. The maximum Gasteiger partial charge on any atom is 0.253 e. The summed E-state index contributed by atoms with van der Waals surface area (Å²) in [7, 11) is -3.48. The average molecular weight is 479 g/mol. The zero-order valence-electron chi connectivity index (χ0n) is 18.7. The second kappa shape index (κ2) is 9.47. The summed E-state index contributed by atoms with van der Waals surface area (Å²) in [4.78, 5) is 21.1. The van der Waals surface area contributed by atoms with Crippen molar-refractivity contribution >= 4 is 21.7 Å². The first-order valence-electron chi connectivity index (χ1n) is 11.4. The van der Waals surface area contributed by atoms with Gasteiger partial charge in [0.15, 0.2) is 5.82 Å². The van der Waals surface area contributed by atoms with Gasteiger partial charge in [-0.1, -0.05) is 0 Å². The van der Waals surface area contributed by atoms with Crippen LogP contribution in [0.5, 0.6) is 0 Å². The van der Waals surface area contributed by atoms with Gasteiger partial charge in [-0.15, -0.1) is 10.2 Å². The van der Waals surface area contributed by atoms with E-state index in [-0.39, 0.29) is 10.8 Å². The van der Waals surface area contributed by atoms with Crippen molar-refractivity contribution in [2.75, 3.05) is 44.2 Å². The molecule has 2 aliphatic heterocycles. The van der Waals surface area contributed by atoms with Gasteiger partial charge in [0.2, 0.25) is 10.0 Å². The van der Waals surface area contributed by atoms with E-state index >= 15 is 0 Å². The molecular formula is C24H26N6O3S. The van der Waals surface area contributed by atoms with Crippen molar-refractivity contribution < 1.29 is 13.2 Å². The van der Waals surface area contributed by atoms with Crippen LogP contribution in [0.25, 0.3) is 11.3 Å². The van der Waals surface area contributed by atoms with Gasteiger partial charge in [0.05, 0.1) is 10.6 Å². The van der Waals surface area contributed by atoms with Gasteiger partial charge >= 0.3 is 0 Å². The summed E-state index contributed by atoms with van der Waals surface area (Å²) in [5.74, 6) is 0.685. The van der Waals surface area contributed by atoms with E-state index in [4.69, 9.17) is 0 Å². The zero-order valence-corrected chi connectivity index (χ0v) is 19.6. The fourth-order valence-electron chi connectivity index (χ4n) is 4.34. The second-order valence-corrected chi connectivity index (χ2v) is 10.4. The lowest BCUT2D eigenvalue weighted by molar-refractivity contribution is 0.0746. The lowest BCUT2D eigenvalue weighted by Crippen LogP contribution is -2.49. The fraction of sp³-hybridized carbons (Fsp3) is 0.333. The second-order valence-electron chi connectivity index (χ2n) is 8.43. The molecule has 0 unspecified atom stereocenters. The molecule has 2 fully saturated rings. The molecule has 0 aliphatic carbocycles. The maximum atomic E-state index is 13.0. The number of anilines is 1. The Hall–Kier alpha value is -3.37. The zero-order chi connectivity index (χ0) is 23.5. The third-order valence-corrected chi connectivity index (χ3v) is 8.23. The van der Waals surface area contributed by atoms with Crippen LogP contribution in [-0.2, 0) is 10.0 Å². The first-order chi connectivity index (χ1) is 16.5. The highest BCUT2D eigenvalue weighted by molar-refractivity contribution is 7.89. The van der Waals surface area contributed by atoms with Crippen LogP contribution in [0, 0.1) is 0 Å². The predicted molar refractivity (Wildman–Crippen MR) is 128 cm³/mol. The molecule has 176 valence electrons. The Bertz CT molecular complexity index is 1240. The van der Waals surface area contributed by atoms with Crippen LogP contribution >= 0.6 is 0 Å². The van der Waals surface area contributed by atoms with Crippen LogP contribution < -0.4 is 4.90 Å². The third kappa shape index (κ3) is 4.51. The number of pyridine rings is 1. The van der Waals surface area contributed by atoms with E-state index in [1.54, 1.807) is 29.4 Å². The molecule has 2 aliphatic rings. The van der Waals surface area contributed by atoms with Gasteiger partial charge in [-0.05, 0) is 61.4 Å². The number of piperazine rings is 1. The number of hydrogen-bond acceptors (Lipinski definition) is 7. The highest BCUT2D eigenvalue weighted by Gasteiger charge is 2.28. The van der Waals surface area contributed by atoms with E-state index in [0.29, 0.717) is 44.8 Å². The van der Waals surface area contributed by atoms with E-state index in [1.807, 2.05) is 24.3 Å². The molecule has 10 heteroatoms. The molecule has 9 nitrogen and oxygen atoms in total. The minimum absolute atomic E-state index is 0.0936. The van der Waals surface area contributed by atoms with Crippen molar-refractivity contribution in [3.8, 4) is 11.3 Å². The molecule has 0 bridgehead atoms. The Labute approximate surface area is 199 Å². The van der Waals surface area contributed by atoms with Crippen molar-refractivity contribution in [1.29, 1.82) is 0 Å². The summed E-state index contributed by atoms with van der Waals surface area (Å²) < 4.78 is 26.9. The third-order valence-electron chi connectivity index (χ3n) is 6.32. The molecule has 0 radical (unpaired) electrons. The number of amides is 1. The van der Waals surface area contributed by atoms with E-state index in [1.165, 1.54) is 16.4 Å². The molecule has 34 heavy (non-hydrogen) atoms. The van der Waals surface area contributed by atoms with Crippen molar-refractivity contribution in [2.45, 2.75) is 17.7 Å².